The maximum absolute atomic E-state index is 14.0. The van der Waals surface area contributed by atoms with Gasteiger partial charge in [-0.15, -0.1) is 0 Å². The maximum Gasteiger partial charge on any atom is 0.416 e. The Morgan fingerprint density at radius 1 is 0.484 bits per heavy atom. The van der Waals surface area contributed by atoms with Gasteiger partial charge in [-0.3, -0.25) is 0 Å². The van der Waals surface area contributed by atoms with Crippen LogP contribution in [0.3, 0.4) is 0 Å². The molecular weight excluding hydrogens is 774 g/mol. The van der Waals surface area contributed by atoms with Gasteiger partial charge in [-0.2, -0.15) is 18.4 Å². The van der Waals surface area contributed by atoms with Gasteiger partial charge < -0.3 is 9.13 Å². The van der Waals surface area contributed by atoms with E-state index in [-0.39, 0.29) is 16.8 Å². The fourth-order valence-corrected chi connectivity index (χ4v) is 9.38. The predicted octanol–water partition coefficient (Wildman–Crippen LogP) is 15.6. The highest BCUT2D eigenvalue weighted by molar-refractivity contribution is 6.13. The Hall–Kier alpha value is -7.87. The van der Waals surface area contributed by atoms with Crippen LogP contribution in [-0.4, -0.2) is 9.13 Å². The zero-order valence-electron chi connectivity index (χ0n) is 34.4. The third-order valence-electron chi connectivity index (χ3n) is 11.9. The van der Waals surface area contributed by atoms with Gasteiger partial charge >= 0.3 is 6.18 Å². The van der Waals surface area contributed by atoms with Crippen LogP contribution in [0.2, 0.25) is 0 Å². The van der Waals surface area contributed by atoms with Crippen LogP contribution in [0.1, 0.15) is 33.4 Å². The molecule has 2 aromatic heterocycles. The number of alkyl halides is 3. The van der Waals surface area contributed by atoms with E-state index < -0.39 is 11.7 Å². The third kappa shape index (κ3) is 6.30. The van der Waals surface area contributed by atoms with E-state index in [0.717, 1.165) is 100 Å². The van der Waals surface area contributed by atoms with E-state index >= 15 is 0 Å². The number of halogens is 3. The molecule has 8 aromatic carbocycles. The molecule has 0 amide bonds. The molecule has 0 saturated carbocycles. The molecule has 0 fully saturated rings. The number of rotatable bonds is 5. The molecule has 0 spiro atoms. The lowest BCUT2D eigenvalue weighted by atomic mass is 9.95. The molecule has 7 heteroatoms. The molecule has 0 radical (unpaired) electrons. The lowest BCUT2D eigenvalue weighted by Gasteiger charge is -2.20. The number of hydrogen-bond acceptors (Lipinski definition) is 1. The normalized spacial score (nSPS) is 11.8. The maximum atomic E-state index is 14.0. The van der Waals surface area contributed by atoms with Crippen molar-refractivity contribution < 1.29 is 13.2 Å². The van der Waals surface area contributed by atoms with Crippen LogP contribution < -0.4 is 0 Å². The van der Waals surface area contributed by atoms with Crippen LogP contribution in [0.15, 0.2) is 152 Å². The number of benzene rings is 8. The number of aromatic nitrogens is 2. The van der Waals surface area contributed by atoms with Crippen molar-refractivity contribution in [2.24, 2.45) is 0 Å². The first-order valence-corrected chi connectivity index (χ1v) is 20.3. The van der Waals surface area contributed by atoms with E-state index in [4.69, 9.17) is 6.57 Å². The van der Waals surface area contributed by atoms with Gasteiger partial charge in [0.25, 0.3) is 0 Å². The number of aryl methyl sites for hydroxylation is 4. The first-order valence-electron chi connectivity index (χ1n) is 20.3. The lowest BCUT2D eigenvalue weighted by molar-refractivity contribution is -0.137. The van der Waals surface area contributed by atoms with Crippen LogP contribution in [0.25, 0.3) is 93.2 Å². The molecule has 2 heterocycles. The molecule has 298 valence electrons. The molecule has 0 aliphatic carbocycles. The average Bonchev–Trinajstić information content (AvgIpc) is 3.76. The second-order valence-electron chi connectivity index (χ2n) is 16.3. The van der Waals surface area contributed by atoms with Gasteiger partial charge in [0.05, 0.1) is 57.2 Å². The fraction of sp³-hybridized carbons (Fsp3) is 0.0909. The Kier molecular flexibility index (Phi) is 8.91. The second kappa shape index (κ2) is 14.4. The minimum atomic E-state index is -4.65. The van der Waals surface area contributed by atoms with E-state index in [9.17, 15) is 18.4 Å². The Morgan fingerprint density at radius 3 is 1.42 bits per heavy atom. The lowest BCUT2D eigenvalue weighted by Crippen LogP contribution is -2.06. The Balaban J connectivity index is 1.36. The summed E-state index contributed by atoms with van der Waals surface area (Å²) in [6, 6.07) is 51.3. The van der Waals surface area contributed by atoms with Gasteiger partial charge in [-0.25, -0.2) is 4.85 Å². The van der Waals surface area contributed by atoms with Gasteiger partial charge in [0.1, 0.15) is 0 Å². The zero-order chi connectivity index (χ0) is 43.0. The number of nitrogens with zero attached hydrogens (tertiary/aromatic N) is 4. The Bertz CT molecular complexity index is 3550. The molecule has 62 heavy (non-hydrogen) atoms. The standard InChI is InChI=1S/C55H37F3N4/c1-32-20-33(2)23-38(22-32)36-14-17-45-43-10-6-8-12-49(43)61(51(45)27-36)53-29-47(42-19-16-41(55(56,57)58)26-40(42)31-59)48(60-5)30-54(53)62-50-13-9-7-11-44(50)46-18-15-37(28-52(46)62)39-24-34(3)21-35(4)25-39/h6-30H,1-4H3. The quantitative estimate of drug-likeness (QED) is 0.160. The smallest absolute Gasteiger partial charge is 0.308 e. The molecule has 0 aliphatic heterocycles. The summed E-state index contributed by atoms with van der Waals surface area (Å²) in [6.45, 7) is 16.9. The number of nitriles is 1. The predicted molar refractivity (Wildman–Crippen MR) is 246 cm³/mol. The van der Waals surface area contributed by atoms with Crippen molar-refractivity contribution in [3.05, 3.63) is 196 Å². The summed E-state index contributed by atoms with van der Waals surface area (Å²) in [7, 11) is 0. The van der Waals surface area contributed by atoms with Crippen molar-refractivity contribution in [3.63, 3.8) is 0 Å². The largest absolute Gasteiger partial charge is 0.416 e. The average molecular weight is 811 g/mol. The molecule has 0 N–H and O–H groups in total. The number of hydrogen-bond donors (Lipinski definition) is 0. The van der Waals surface area contributed by atoms with Crippen molar-refractivity contribution in [3.8, 4) is 50.8 Å². The molecule has 4 nitrogen and oxygen atoms in total. The van der Waals surface area contributed by atoms with Crippen LogP contribution in [0.5, 0.6) is 0 Å². The summed E-state index contributed by atoms with van der Waals surface area (Å²) in [5.74, 6) is 0. The summed E-state index contributed by atoms with van der Waals surface area (Å²) in [5, 5.41) is 14.4. The minimum absolute atomic E-state index is 0.169. The third-order valence-corrected chi connectivity index (χ3v) is 11.9. The summed E-state index contributed by atoms with van der Waals surface area (Å²) in [5.41, 5.74) is 13.6. The first-order chi connectivity index (χ1) is 29.9. The van der Waals surface area contributed by atoms with Crippen LogP contribution in [0, 0.1) is 45.6 Å². The SMILES string of the molecule is [C-]#[N+]c1cc(-n2c3ccccc3c3ccc(-c4cc(C)cc(C)c4)cc32)c(-n2c3ccccc3c3ccc(-c4cc(C)cc(C)c4)cc32)cc1-c1ccc(C(F)(F)F)cc1C#N. The Labute approximate surface area is 356 Å². The molecule has 0 bridgehead atoms. The molecule has 0 unspecified atom stereocenters. The van der Waals surface area contributed by atoms with Crippen molar-refractivity contribution >= 4 is 49.3 Å². The van der Waals surface area contributed by atoms with Crippen LogP contribution >= 0.6 is 0 Å². The summed E-state index contributed by atoms with van der Waals surface area (Å²) >= 11 is 0. The molecular formula is C55H37F3N4. The van der Waals surface area contributed by atoms with Crippen LogP contribution in [0.4, 0.5) is 18.9 Å². The highest BCUT2D eigenvalue weighted by atomic mass is 19.4. The molecule has 0 atom stereocenters. The molecule has 10 rings (SSSR count). The van der Waals surface area contributed by atoms with E-state index in [0.29, 0.717) is 16.9 Å². The van der Waals surface area contributed by atoms with Gasteiger partial charge in [-0.05, 0) is 110 Å². The summed E-state index contributed by atoms with van der Waals surface area (Å²) < 4.78 is 46.4. The fourth-order valence-electron chi connectivity index (χ4n) is 9.38. The second-order valence-corrected chi connectivity index (χ2v) is 16.3. The number of fused-ring (bicyclic) bond motifs is 6. The van der Waals surface area contributed by atoms with Gasteiger partial charge in [0.2, 0.25) is 0 Å². The van der Waals surface area contributed by atoms with E-state index in [1.54, 1.807) is 0 Å². The highest BCUT2D eigenvalue weighted by Gasteiger charge is 2.32. The minimum Gasteiger partial charge on any atom is -0.308 e. The number of para-hydroxylation sites is 2. The van der Waals surface area contributed by atoms with Crippen molar-refractivity contribution in [2.75, 3.05) is 0 Å². The first kappa shape index (κ1) is 38.3. The molecule has 10 aromatic rings. The molecule has 0 saturated heterocycles. The van der Waals surface area contributed by atoms with Crippen molar-refractivity contribution in [1.82, 2.24) is 9.13 Å². The van der Waals surface area contributed by atoms with Gasteiger partial charge in [0, 0.05) is 21.5 Å². The van der Waals surface area contributed by atoms with Gasteiger partial charge in [0.15, 0.2) is 5.69 Å². The highest BCUT2D eigenvalue weighted by Crippen LogP contribution is 2.45. The monoisotopic (exact) mass is 810 g/mol. The topological polar surface area (TPSA) is 38.0 Å². The van der Waals surface area contributed by atoms with Crippen molar-refractivity contribution in [2.45, 2.75) is 33.9 Å². The van der Waals surface area contributed by atoms with E-state index in [2.05, 4.69) is 139 Å². The Morgan fingerprint density at radius 2 is 0.952 bits per heavy atom. The molecule has 0 aliphatic rings. The summed E-state index contributed by atoms with van der Waals surface area (Å²) in [4.78, 5) is 4.02. The summed E-state index contributed by atoms with van der Waals surface area (Å²) in [6.07, 6.45) is -4.65. The van der Waals surface area contributed by atoms with E-state index in [1.165, 1.54) is 6.07 Å². The van der Waals surface area contributed by atoms with Gasteiger partial charge in [-0.1, -0.05) is 125 Å². The van der Waals surface area contributed by atoms with Crippen molar-refractivity contribution in [1.29, 1.82) is 5.26 Å². The zero-order valence-corrected chi connectivity index (χ0v) is 34.4. The van der Waals surface area contributed by atoms with Crippen LogP contribution in [-0.2, 0) is 6.18 Å². The van der Waals surface area contributed by atoms with E-state index in [1.807, 2.05) is 42.5 Å².